The largest absolute Gasteiger partial charge is 0.481 e. The molecule has 6 heteroatoms. The van der Waals surface area contributed by atoms with Gasteiger partial charge in [-0.2, -0.15) is 0 Å². The number of aliphatic carboxylic acids is 1. The summed E-state index contributed by atoms with van der Waals surface area (Å²) in [5.41, 5.74) is 1.49. The van der Waals surface area contributed by atoms with Crippen molar-refractivity contribution in [3.63, 3.8) is 0 Å². The Hall–Kier alpha value is -1.46. The fourth-order valence-electron chi connectivity index (χ4n) is 2.42. The van der Waals surface area contributed by atoms with Crippen LogP contribution in [0.4, 0.5) is 4.39 Å². The number of nitrogens with zero attached hydrogens (tertiary/aromatic N) is 1. The highest BCUT2D eigenvalue weighted by atomic mass is 35.5. The summed E-state index contributed by atoms with van der Waals surface area (Å²) < 4.78 is 13.0. The maximum absolute atomic E-state index is 13.0. The molecule has 1 aromatic carbocycles. The number of aryl methyl sites for hydroxylation is 1. The van der Waals surface area contributed by atoms with Gasteiger partial charge in [0.15, 0.2) is 0 Å². The van der Waals surface area contributed by atoms with Crippen molar-refractivity contribution in [1.82, 2.24) is 4.98 Å². The fourth-order valence-corrected chi connectivity index (χ4v) is 3.82. The van der Waals surface area contributed by atoms with Crippen LogP contribution in [-0.2, 0) is 17.6 Å². The van der Waals surface area contributed by atoms with E-state index in [1.807, 2.05) is 0 Å². The normalized spacial score (nSPS) is 17.2. The molecule has 0 amide bonds. The number of hydrogen-bond donors (Lipinski definition) is 1. The SMILES string of the molecule is O=C(O)C1CCc2sc(Cc3ccc(F)cc3Cl)nc21. The molecule has 0 bridgehead atoms. The van der Waals surface area contributed by atoms with E-state index in [2.05, 4.69) is 4.98 Å². The van der Waals surface area contributed by atoms with Crippen LogP contribution in [0.15, 0.2) is 18.2 Å². The van der Waals surface area contributed by atoms with Gasteiger partial charge in [0, 0.05) is 16.3 Å². The number of aromatic nitrogens is 1. The first-order valence-corrected chi connectivity index (χ1v) is 7.39. The number of hydrogen-bond acceptors (Lipinski definition) is 3. The Bertz CT molecular complexity index is 686. The Morgan fingerprint density at radius 2 is 2.35 bits per heavy atom. The highest BCUT2D eigenvalue weighted by Crippen LogP contribution is 2.37. The third-order valence-corrected chi connectivity index (χ3v) is 4.90. The molecule has 104 valence electrons. The molecule has 0 radical (unpaired) electrons. The second kappa shape index (κ2) is 5.14. The third-order valence-electron chi connectivity index (χ3n) is 3.42. The minimum Gasteiger partial charge on any atom is -0.481 e. The van der Waals surface area contributed by atoms with Crippen molar-refractivity contribution in [3.8, 4) is 0 Å². The maximum Gasteiger partial charge on any atom is 0.312 e. The molecule has 0 saturated heterocycles. The van der Waals surface area contributed by atoms with E-state index in [0.717, 1.165) is 21.9 Å². The summed E-state index contributed by atoms with van der Waals surface area (Å²) in [6, 6.07) is 4.28. The van der Waals surface area contributed by atoms with Gasteiger partial charge in [0.25, 0.3) is 0 Å². The van der Waals surface area contributed by atoms with Crippen LogP contribution in [0.2, 0.25) is 5.02 Å². The summed E-state index contributed by atoms with van der Waals surface area (Å²) >= 11 is 7.52. The molecule has 0 fully saturated rings. The molecule has 0 saturated carbocycles. The van der Waals surface area contributed by atoms with Crippen molar-refractivity contribution in [1.29, 1.82) is 0 Å². The minimum absolute atomic E-state index is 0.369. The lowest BCUT2D eigenvalue weighted by atomic mass is 10.1. The molecule has 3 rings (SSSR count). The number of benzene rings is 1. The fraction of sp³-hybridized carbons (Fsp3) is 0.286. The summed E-state index contributed by atoms with van der Waals surface area (Å²) in [6.45, 7) is 0. The van der Waals surface area contributed by atoms with E-state index in [-0.39, 0.29) is 5.82 Å². The first-order chi connectivity index (χ1) is 9.54. The van der Waals surface area contributed by atoms with Crippen LogP contribution in [0.25, 0.3) is 0 Å². The standard InChI is InChI=1S/C14H11ClFNO2S/c15-10-6-8(16)2-1-7(10)5-12-17-13-9(14(18)19)3-4-11(13)20-12/h1-2,6,9H,3-5H2,(H,18,19). The molecule has 1 heterocycles. The van der Waals surface area contributed by atoms with Gasteiger partial charge in [0.1, 0.15) is 11.7 Å². The number of thiazole rings is 1. The van der Waals surface area contributed by atoms with Gasteiger partial charge in [-0.1, -0.05) is 17.7 Å². The van der Waals surface area contributed by atoms with Crippen molar-refractivity contribution in [2.75, 3.05) is 0 Å². The zero-order valence-electron chi connectivity index (χ0n) is 10.4. The molecular formula is C14H11ClFNO2S. The lowest BCUT2D eigenvalue weighted by Crippen LogP contribution is -2.08. The van der Waals surface area contributed by atoms with Crippen LogP contribution < -0.4 is 0 Å². The highest BCUT2D eigenvalue weighted by Gasteiger charge is 2.32. The van der Waals surface area contributed by atoms with E-state index in [4.69, 9.17) is 16.7 Å². The third kappa shape index (κ3) is 2.43. The number of carboxylic acid groups (broad SMARTS) is 1. The lowest BCUT2D eigenvalue weighted by Gasteiger charge is -2.03. The summed E-state index contributed by atoms with van der Waals surface area (Å²) in [7, 11) is 0. The molecule has 1 atom stereocenters. The number of halogens is 2. The molecular weight excluding hydrogens is 301 g/mol. The molecule has 0 aliphatic heterocycles. The Morgan fingerprint density at radius 1 is 1.55 bits per heavy atom. The quantitative estimate of drug-likeness (QED) is 0.941. The average molecular weight is 312 g/mol. The number of fused-ring (bicyclic) bond motifs is 1. The molecule has 0 spiro atoms. The first-order valence-electron chi connectivity index (χ1n) is 6.20. The van der Waals surface area contributed by atoms with Gasteiger partial charge in [-0.25, -0.2) is 9.37 Å². The molecule has 1 aliphatic carbocycles. The summed E-state index contributed by atoms with van der Waals surface area (Å²) in [4.78, 5) is 16.6. The smallest absolute Gasteiger partial charge is 0.312 e. The summed E-state index contributed by atoms with van der Waals surface area (Å²) in [6.07, 6.45) is 1.89. The van der Waals surface area contributed by atoms with Crippen molar-refractivity contribution in [2.24, 2.45) is 0 Å². The van der Waals surface area contributed by atoms with Crippen LogP contribution in [0.1, 0.15) is 33.5 Å². The number of carbonyl (C=O) groups is 1. The Morgan fingerprint density at radius 3 is 3.05 bits per heavy atom. The van der Waals surface area contributed by atoms with Crippen molar-refractivity contribution < 1.29 is 14.3 Å². The van der Waals surface area contributed by atoms with Gasteiger partial charge in [-0.05, 0) is 30.5 Å². The number of carboxylic acids is 1. The monoisotopic (exact) mass is 311 g/mol. The van der Waals surface area contributed by atoms with E-state index in [0.29, 0.717) is 23.6 Å². The first kappa shape index (κ1) is 13.5. The van der Waals surface area contributed by atoms with Crippen molar-refractivity contribution >= 4 is 28.9 Å². The van der Waals surface area contributed by atoms with Crippen LogP contribution in [0.3, 0.4) is 0 Å². The molecule has 1 N–H and O–H groups in total. The predicted molar refractivity (Wildman–Crippen MR) is 75.0 cm³/mol. The van der Waals surface area contributed by atoms with Crippen LogP contribution in [0, 0.1) is 5.82 Å². The molecule has 1 unspecified atom stereocenters. The van der Waals surface area contributed by atoms with Gasteiger partial charge < -0.3 is 5.11 Å². The van der Waals surface area contributed by atoms with E-state index < -0.39 is 11.9 Å². The molecule has 1 aliphatic rings. The zero-order chi connectivity index (χ0) is 14.3. The number of rotatable bonds is 3. The van der Waals surface area contributed by atoms with Crippen molar-refractivity contribution in [2.45, 2.75) is 25.2 Å². The van der Waals surface area contributed by atoms with E-state index in [1.54, 1.807) is 6.07 Å². The van der Waals surface area contributed by atoms with Crippen LogP contribution in [-0.4, -0.2) is 16.1 Å². The highest BCUT2D eigenvalue weighted by molar-refractivity contribution is 7.11. The average Bonchev–Trinajstić information content (AvgIpc) is 2.91. The Labute approximate surface area is 124 Å². The van der Waals surface area contributed by atoms with Crippen molar-refractivity contribution in [3.05, 3.63) is 50.2 Å². The second-order valence-electron chi connectivity index (χ2n) is 4.76. The summed E-state index contributed by atoms with van der Waals surface area (Å²) in [5.74, 6) is -1.68. The Balaban J connectivity index is 1.86. The summed E-state index contributed by atoms with van der Waals surface area (Å²) in [5, 5.41) is 10.3. The van der Waals surface area contributed by atoms with Gasteiger partial charge in [0.2, 0.25) is 0 Å². The van der Waals surface area contributed by atoms with Crippen LogP contribution >= 0.6 is 22.9 Å². The predicted octanol–water partition coefficient (Wildman–Crippen LogP) is 3.64. The molecule has 3 nitrogen and oxygen atoms in total. The lowest BCUT2D eigenvalue weighted by molar-refractivity contribution is -0.138. The van der Waals surface area contributed by atoms with Crippen LogP contribution in [0.5, 0.6) is 0 Å². The zero-order valence-corrected chi connectivity index (χ0v) is 12.0. The van der Waals surface area contributed by atoms with E-state index >= 15 is 0 Å². The van der Waals surface area contributed by atoms with E-state index in [9.17, 15) is 9.18 Å². The topological polar surface area (TPSA) is 50.2 Å². The second-order valence-corrected chi connectivity index (χ2v) is 6.33. The minimum atomic E-state index is -0.819. The van der Waals surface area contributed by atoms with E-state index in [1.165, 1.54) is 23.5 Å². The Kier molecular flexibility index (Phi) is 3.48. The van der Waals surface area contributed by atoms with Gasteiger partial charge in [-0.15, -0.1) is 11.3 Å². The maximum atomic E-state index is 13.0. The molecule has 2 aromatic rings. The van der Waals surface area contributed by atoms with Gasteiger partial charge in [0.05, 0.1) is 10.7 Å². The van der Waals surface area contributed by atoms with Gasteiger partial charge in [-0.3, -0.25) is 4.79 Å². The molecule has 1 aromatic heterocycles. The molecule has 20 heavy (non-hydrogen) atoms. The van der Waals surface area contributed by atoms with Gasteiger partial charge >= 0.3 is 5.97 Å².